The Kier molecular flexibility index (Phi) is 3.31. The largest absolute Gasteiger partial charge is 0.399 e. The predicted octanol–water partition coefficient (Wildman–Crippen LogP) is 1.38. The maximum Gasteiger partial charge on any atom is 0.266 e. The smallest absolute Gasteiger partial charge is 0.266 e. The lowest BCUT2D eigenvalue weighted by Crippen LogP contribution is -2.44. The molecule has 1 aliphatic rings. The van der Waals surface area contributed by atoms with Crippen LogP contribution in [0.3, 0.4) is 0 Å². The summed E-state index contributed by atoms with van der Waals surface area (Å²) >= 11 is 0. The van der Waals surface area contributed by atoms with Crippen LogP contribution in [0.15, 0.2) is 22.7 Å². The highest BCUT2D eigenvalue weighted by Gasteiger charge is 2.19. The number of benzene rings is 1. The summed E-state index contributed by atoms with van der Waals surface area (Å²) in [6.07, 6.45) is 0. The van der Waals surface area contributed by atoms with Crippen LogP contribution in [0, 0.1) is 6.92 Å². The van der Waals surface area contributed by atoms with Crippen LogP contribution >= 0.6 is 0 Å². The molecule has 0 radical (unpaired) electrons. The molecule has 1 aromatic carbocycles. The average Bonchev–Trinajstić information content (AvgIpc) is 2.92. The fraction of sp³-hybridized carbons (Fsp3) is 0.429. The molecule has 0 unspecified atom stereocenters. The molecule has 3 rings (SSSR count). The van der Waals surface area contributed by atoms with Crippen molar-refractivity contribution in [2.75, 3.05) is 43.9 Å². The van der Waals surface area contributed by atoms with Gasteiger partial charge in [0.25, 0.3) is 11.8 Å². The number of hydrogen-bond acceptors (Lipinski definition) is 6. The van der Waals surface area contributed by atoms with Crippen LogP contribution in [0.1, 0.15) is 5.56 Å². The van der Waals surface area contributed by atoms with Crippen LogP contribution in [-0.4, -0.2) is 48.3 Å². The van der Waals surface area contributed by atoms with Crippen molar-refractivity contribution >= 4 is 11.6 Å². The molecular formula is C14H19N5O. The number of aryl methyl sites for hydroxylation is 1. The van der Waals surface area contributed by atoms with Gasteiger partial charge in [0.05, 0.1) is 0 Å². The molecule has 0 aliphatic carbocycles. The predicted molar refractivity (Wildman–Crippen MR) is 78.6 cm³/mol. The number of hydrogen-bond donors (Lipinski definition) is 1. The van der Waals surface area contributed by atoms with Crippen LogP contribution in [0.25, 0.3) is 11.5 Å². The Labute approximate surface area is 118 Å². The quantitative estimate of drug-likeness (QED) is 0.833. The summed E-state index contributed by atoms with van der Waals surface area (Å²) in [5.74, 6) is 1.21. The maximum atomic E-state index is 5.82. The molecule has 0 atom stereocenters. The zero-order valence-corrected chi connectivity index (χ0v) is 11.8. The first-order valence-electron chi connectivity index (χ1n) is 6.77. The van der Waals surface area contributed by atoms with Gasteiger partial charge in [-0.25, -0.2) is 0 Å². The van der Waals surface area contributed by atoms with Crippen molar-refractivity contribution in [3.63, 3.8) is 0 Å². The first-order valence-corrected chi connectivity index (χ1v) is 6.77. The molecule has 0 spiro atoms. The van der Waals surface area contributed by atoms with Gasteiger partial charge in [-0.15, -0.1) is 0 Å². The maximum absolute atomic E-state index is 5.82. The Hall–Kier alpha value is -2.08. The third kappa shape index (κ3) is 2.46. The highest BCUT2D eigenvalue weighted by Crippen LogP contribution is 2.24. The number of likely N-dealkylation sites (N-methyl/N-ethyl adjacent to an activating group) is 1. The van der Waals surface area contributed by atoms with E-state index in [-0.39, 0.29) is 0 Å². The number of aromatic nitrogens is 2. The lowest BCUT2D eigenvalue weighted by Gasteiger charge is -2.31. The first kappa shape index (κ1) is 12.9. The molecular weight excluding hydrogens is 254 g/mol. The molecule has 2 N–H and O–H groups in total. The lowest BCUT2D eigenvalue weighted by atomic mass is 10.1. The van der Waals surface area contributed by atoms with E-state index in [2.05, 4.69) is 27.0 Å². The minimum Gasteiger partial charge on any atom is -0.399 e. The van der Waals surface area contributed by atoms with Crippen LogP contribution in [0.5, 0.6) is 0 Å². The topological polar surface area (TPSA) is 71.4 Å². The number of nitrogen functional groups attached to an aromatic ring is 1. The zero-order chi connectivity index (χ0) is 14.1. The number of rotatable bonds is 2. The van der Waals surface area contributed by atoms with Crippen molar-refractivity contribution in [2.24, 2.45) is 0 Å². The van der Waals surface area contributed by atoms with E-state index in [0.29, 0.717) is 11.8 Å². The molecule has 1 aliphatic heterocycles. The Morgan fingerprint density at radius 2 is 1.95 bits per heavy atom. The molecule has 20 heavy (non-hydrogen) atoms. The Balaban J connectivity index is 1.81. The molecule has 6 heteroatoms. The molecule has 2 heterocycles. The van der Waals surface area contributed by atoms with Gasteiger partial charge in [0.15, 0.2) is 0 Å². The third-order valence-electron chi connectivity index (χ3n) is 3.72. The van der Waals surface area contributed by atoms with E-state index in [1.54, 1.807) is 0 Å². The monoisotopic (exact) mass is 273 g/mol. The fourth-order valence-electron chi connectivity index (χ4n) is 2.28. The van der Waals surface area contributed by atoms with Crippen molar-refractivity contribution in [2.45, 2.75) is 6.92 Å². The SMILES string of the molecule is Cc1cc(-c2nc(N3CCN(C)CC3)no2)ccc1N. The van der Waals surface area contributed by atoms with Gasteiger partial charge in [-0.1, -0.05) is 0 Å². The number of anilines is 2. The number of nitrogens with two attached hydrogens (primary N) is 1. The summed E-state index contributed by atoms with van der Waals surface area (Å²) in [5.41, 5.74) is 8.52. The number of piperazine rings is 1. The Morgan fingerprint density at radius 1 is 1.20 bits per heavy atom. The molecule has 106 valence electrons. The Bertz CT molecular complexity index is 601. The van der Waals surface area contributed by atoms with Crippen molar-refractivity contribution in [3.8, 4) is 11.5 Å². The van der Waals surface area contributed by atoms with E-state index < -0.39 is 0 Å². The summed E-state index contributed by atoms with van der Waals surface area (Å²) in [6.45, 7) is 5.86. The number of nitrogens with zero attached hydrogens (tertiary/aromatic N) is 4. The minimum absolute atomic E-state index is 0.544. The van der Waals surface area contributed by atoms with E-state index in [9.17, 15) is 0 Å². The van der Waals surface area contributed by atoms with Gasteiger partial charge >= 0.3 is 0 Å². The third-order valence-corrected chi connectivity index (χ3v) is 3.72. The van der Waals surface area contributed by atoms with Gasteiger partial charge < -0.3 is 20.1 Å². The molecule has 0 saturated carbocycles. The summed E-state index contributed by atoms with van der Waals surface area (Å²) in [7, 11) is 2.12. The van der Waals surface area contributed by atoms with Crippen LogP contribution in [0.2, 0.25) is 0 Å². The summed E-state index contributed by atoms with van der Waals surface area (Å²) in [6, 6.07) is 5.74. The second kappa shape index (κ2) is 5.13. The molecule has 1 saturated heterocycles. The van der Waals surface area contributed by atoms with Crippen molar-refractivity contribution in [3.05, 3.63) is 23.8 Å². The van der Waals surface area contributed by atoms with Gasteiger partial charge in [0.2, 0.25) is 0 Å². The van der Waals surface area contributed by atoms with Crippen LogP contribution < -0.4 is 10.6 Å². The molecule has 0 bridgehead atoms. The molecule has 1 fully saturated rings. The fourth-order valence-corrected chi connectivity index (χ4v) is 2.28. The Morgan fingerprint density at radius 3 is 2.65 bits per heavy atom. The highest BCUT2D eigenvalue weighted by molar-refractivity contribution is 5.61. The van der Waals surface area contributed by atoms with E-state index >= 15 is 0 Å². The molecule has 6 nitrogen and oxygen atoms in total. The van der Waals surface area contributed by atoms with E-state index in [0.717, 1.165) is 43.0 Å². The minimum atomic E-state index is 0.544. The average molecular weight is 273 g/mol. The summed E-state index contributed by atoms with van der Waals surface area (Å²) in [4.78, 5) is 8.93. The standard InChI is InChI=1S/C14H19N5O/c1-10-9-11(3-4-12(10)15)13-16-14(17-20-13)19-7-5-18(2)6-8-19/h3-4,9H,5-8,15H2,1-2H3. The van der Waals surface area contributed by atoms with Crippen molar-refractivity contribution < 1.29 is 4.52 Å². The second-order valence-corrected chi connectivity index (χ2v) is 5.26. The molecule has 0 amide bonds. The summed E-state index contributed by atoms with van der Waals surface area (Å²) < 4.78 is 5.37. The van der Waals surface area contributed by atoms with Gasteiger partial charge in [-0.3, -0.25) is 0 Å². The lowest BCUT2D eigenvalue weighted by molar-refractivity contribution is 0.309. The van der Waals surface area contributed by atoms with Crippen molar-refractivity contribution in [1.82, 2.24) is 15.0 Å². The molecule has 1 aromatic heterocycles. The van der Waals surface area contributed by atoms with Gasteiger partial charge in [0.1, 0.15) is 0 Å². The van der Waals surface area contributed by atoms with Gasteiger partial charge in [0, 0.05) is 37.4 Å². The van der Waals surface area contributed by atoms with E-state index in [1.165, 1.54) is 0 Å². The normalized spacial score (nSPS) is 16.6. The highest BCUT2D eigenvalue weighted by atomic mass is 16.5. The van der Waals surface area contributed by atoms with Crippen LogP contribution in [-0.2, 0) is 0 Å². The van der Waals surface area contributed by atoms with Gasteiger partial charge in [-0.05, 0) is 42.9 Å². The van der Waals surface area contributed by atoms with Crippen LogP contribution in [0.4, 0.5) is 11.6 Å². The van der Waals surface area contributed by atoms with E-state index in [4.69, 9.17) is 10.3 Å². The van der Waals surface area contributed by atoms with Gasteiger partial charge in [-0.2, -0.15) is 4.98 Å². The molecule has 2 aromatic rings. The van der Waals surface area contributed by atoms with E-state index in [1.807, 2.05) is 25.1 Å². The zero-order valence-electron chi connectivity index (χ0n) is 11.8. The summed E-state index contributed by atoms with van der Waals surface area (Å²) in [5, 5.41) is 4.08. The second-order valence-electron chi connectivity index (χ2n) is 5.26. The van der Waals surface area contributed by atoms with Crippen molar-refractivity contribution in [1.29, 1.82) is 0 Å². The first-order chi connectivity index (χ1) is 9.63.